The van der Waals surface area contributed by atoms with Gasteiger partial charge in [-0.05, 0) is 103 Å². The molecule has 0 amide bonds. The zero-order valence-electron chi connectivity index (χ0n) is 32.7. The molecule has 2 aliphatic carbocycles. The average Bonchev–Trinajstić information content (AvgIpc) is 3.94. The molecule has 11 aromatic rings. The van der Waals surface area contributed by atoms with Crippen molar-refractivity contribution in [3.05, 3.63) is 241 Å². The van der Waals surface area contributed by atoms with E-state index in [9.17, 15) is 0 Å². The fraction of sp³-hybridized carbons (Fsp3) is 0.0172. The van der Waals surface area contributed by atoms with Crippen LogP contribution in [0.1, 0.15) is 22.3 Å². The van der Waals surface area contributed by atoms with E-state index in [4.69, 9.17) is 4.98 Å². The average molecular weight is 761 g/mol. The van der Waals surface area contributed by atoms with Crippen LogP contribution >= 0.6 is 0 Å². The maximum atomic E-state index is 5.32. The smallest absolute Gasteiger partial charge is 0.0956 e. The summed E-state index contributed by atoms with van der Waals surface area (Å²) in [5.41, 5.74) is 21.7. The molecular formula is C58H36N2. The van der Waals surface area contributed by atoms with Gasteiger partial charge in [-0.25, -0.2) is 4.98 Å². The van der Waals surface area contributed by atoms with Crippen LogP contribution in [0.3, 0.4) is 0 Å². The predicted molar refractivity (Wildman–Crippen MR) is 249 cm³/mol. The highest BCUT2D eigenvalue weighted by atomic mass is 15.0. The van der Waals surface area contributed by atoms with Crippen LogP contribution in [-0.2, 0) is 5.41 Å². The lowest BCUT2D eigenvalue weighted by Gasteiger charge is -2.30. The van der Waals surface area contributed by atoms with E-state index in [2.05, 4.69) is 223 Å². The molecule has 2 heterocycles. The van der Waals surface area contributed by atoms with Crippen LogP contribution in [0, 0.1) is 0 Å². The minimum atomic E-state index is -0.364. The molecule has 0 bridgehead atoms. The van der Waals surface area contributed by atoms with E-state index in [0.717, 1.165) is 28.0 Å². The Morgan fingerprint density at radius 3 is 1.57 bits per heavy atom. The highest BCUT2D eigenvalue weighted by Gasteiger charge is 2.51. The number of para-hydroxylation sites is 2. The molecule has 0 aliphatic heterocycles. The maximum absolute atomic E-state index is 5.32. The van der Waals surface area contributed by atoms with Gasteiger partial charge >= 0.3 is 0 Å². The first-order valence-corrected chi connectivity index (χ1v) is 20.8. The van der Waals surface area contributed by atoms with Gasteiger partial charge < -0.3 is 4.57 Å². The Morgan fingerprint density at radius 1 is 0.350 bits per heavy atom. The maximum Gasteiger partial charge on any atom is 0.0956 e. The van der Waals surface area contributed by atoms with Gasteiger partial charge in [0.2, 0.25) is 0 Å². The molecule has 0 atom stereocenters. The predicted octanol–water partition coefficient (Wildman–Crippen LogP) is 14.7. The summed E-state index contributed by atoms with van der Waals surface area (Å²) >= 11 is 0. The quantitative estimate of drug-likeness (QED) is 0.175. The molecule has 0 saturated carbocycles. The molecule has 0 fully saturated rings. The Morgan fingerprint density at radius 2 is 0.867 bits per heavy atom. The third kappa shape index (κ3) is 4.50. The van der Waals surface area contributed by atoms with Crippen LogP contribution in [0.2, 0.25) is 0 Å². The monoisotopic (exact) mass is 760 g/mol. The van der Waals surface area contributed by atoms with Crippen molar-refractivity contribution in [1.82, 2.24) is 9.55 Å². The van der Waals surface area contributed by atoms with Crippen LogP contribution < -0.4 is 0 Å². The van der Waals surface area contributed by atoms with Crippen molar-refractivity contribution >= 4 is 32.7 Å². The van der Waals surface area contributed by atoms with Gasteiger partial charge in [-0.15, -0.1) is 0 Å². The first-order chi connectivity index (χ1) is 29.8. The zero-order chi connectivity index (χ0) is 39.4. The van der Waals surface area contributed by atoms with Crippen LogP contribution in [0.4, 0.5) is 0 Å². The molecule has 2 aliphatic rings. The second-order valence-electron chi connectivity index (χ2n) is 16.2. The van der Waals surface area contributed by atoms with Crippen molar-refractivity contribution in [1.29, 1.82) is 0 Å². The third-order valence-corrected chi connectivity index (χ3v) is 13.2. The molecule has 2 nitrogen and oxygen atoms in total. The third-order valence-electron chi connectivity index (χ3n) is 13.2. The van der Waals surface area contributed by atoms with Gasteiger partial charge in [-0.1, -0.05) is 182 Å². The van der Waals surface area contributed by atoms with Gasteiger partial charge in [0.15, 0.2) is 0 Å². The summed E-state index contributed by atoms with van der Waals surface area (Å²) in [6, 6.07) is 80.2. The summed E-state index contributed by atoms with van der Waals surface area (Å²) in [4.78, 5) is 5.32. The summed E-state index contributed by atoms with van der Waals surface area (Å²) < 4.78 is 2.41. The number of benzene rings is 9. The lowest BCUT2D eigenvalue weighted by molar-refractivity contribution is 0.794. The standard InChI is InChI=1S/C58H36N2/c1-2-15-38(16-3-1)56-57-55(47-22-7-12-27-53(47)59-56)48-23-8-13-28-54(48)60(57)42-32-29-37(30-33-42)39-17-14-18-40(35-39)41-31-34-46-45-21-6-11-26-51(45)58(52(46)36-41)49-24-9-4-19-43(49)44-20-5-10-25-50(44)58/h1-36H. The number of rotatable bonds is 4. The second kappa shape index (κ2) is 12.6. The molecule has 0 unspecified atom stereocenters. The van der Waals surface area contributed by atoms with Crippen molar-refractivity contribution in [3.8, 4) is 61.5 Å². The van der Waals surface area contributed by atoms with E-state index in [1.807, 2.05) is 0 Å². The first-order valence-electron chi connectivity index (χ1n) is 20.8. The van der Waals surface area contributed by atoms with Crippen molar-refractivity contribution in [3.63, 3.8) is 0 Å². The summed E-state index contributed by atoms with van der Waals surface area (Å²) in [5.74, 6) is 0. The SMILES string of the molecule is c1ccc(-c2nc3ccccc3c3c4ccccc4n(-c4ccc(-c5cccc(-c6ccc7c(c6)C6(c8ccccc8-c8ccccc86)c6ccccc6-7)c5)cc4)c23)cc1. The van der Waals surface area contributed by atoms with E-state index >= 15 is 0 Å². The highest BCUT2D eigenvalue weighted by Crippen LogP contribution is 2.63. The van der Waals surface area contributed by atoms with Crippen molar-refractivity contribution in [2.24, 2.45) is 0 Å². The minimum absolute atomic E-state index is 0.364. The fourth-order valence-electron chi connectivity index (χ4n) is 10.7. The molecule has 0 N–H and O–H groups in total. The molecule has 13 rings (SSSR count). The van der Waals surface area contributed by atoms with Crippen molar-refractivity contribution < 1.29 is 0 Å². The molecule has 278 valence electrons. The summed E-state index contributed by atoms with van der Waals surface area (Å²) in [5, 5.41) is 3.62. The Bertz CT molecular complexity index is 3470. The number of hydrogen-bond donors (Lipinski definition) is 0. The Labute approximate surface area is 348 Å². The van der Waals surface area contributed by atoms with E-state index in [0.29, 0.717) is 0 Å². The highest BCUT2D eigenvalue weighted by molar-refractivity contribution is 6.23. The normalized spacial score (nSPS) is 13.1. The van der Waals surface area contributed by atoms with Gasteiger partial charge in [0.05, 0.1) is 27.7 Å². The van der Waals surface area contributed by atoms with Crippen molar-refractivity contribution in [2.45, 2.75) is 5.41 Å². The molecule has 1 spiro atoms. The molecule has 0 saturated heterocycles. The molecule has 0 radical (unpaired) electrons. The van der Waals surface area contributed by atoms with E-state index in [1.165, 1.54) is 88.4 Å². The Balaban J connectivity index is 0.944. The second-order valence-corrected chi connectivity index (χ2v) is 16.2. The lowest BCUT2D eigenvalue weighted by atomic mass is 9.70. The summed E-state index contributed by atoms with van der Waals surface area (Å²) in [6.45, 7) is 0. The largest absolute Gasteiger partial charge is 0.307 e. The molecule has 60 heavy (non-hydrogen) atoms. The van der Waals surface area contributed by atoms with E-state index < -0.39 is 0 Å². The zero-order valence-corrected chi connectivity index (χ0v) is 32.7. The van der Waals surface area contributed by atoms with Crippen LogP contribution in [0.15, 0.2) is 218 Å². The molecule has 2 heteroatoms. The number of aromatic nitrogens is 2. The van der Waals surface area contributed by atoms with Crippen LogP contribution in [0.5, 0.6) is 0 Å². The van der Waals surface area contributed by atoms with Gasteiger partial charge in [0, 0.05) is 27.4 Å². The van der Waals surface area contributed by atoms with Gasteiger partial charge in [-0.3, -0.25) is 0 Å². The van der Waals surface area contributed by atoms with E-state index in [1.54, 1.807) is 0 Å². The first kappa shape index (κ1) is 33.2. The lowest BCUT2D eigenvalue weighted by Crippen LogP contribution is -2.25. The van der Waals surface area contributed by atoms with Crippen LogP contribution in [0.25, 0.3) is 94.2 Å². The number of pyridine rings is 1. The van der Waals surface area contributed by atoms with E-state index in [-0.39, 0.29) is 5.41 Å². The topological polar surface area (TPSA) is 17.8 Å². The van der Waals surface area contributed by atoms with Crippen molar-refractivity contribution in [2.75, 3.05) is 0 Å². The molecule has 9 aromatic carbocycles. The number of nitrogens with zero attached hydrogens (tertiary/aromatic N) is 2. The minimum Gasteiger partial charge on any atom is -0.307 e. The Hall–Kier alpha value is -7.81. The number of hydrogen-bond acceptors (Lipinski definition) is 1. The van der Waals surface area contributed by atoms with Crippen LogP contribution in [-0.4, -0.2) is 9.55 Å². The molecule has 2 aromatic heterocycles. The summed E-state index contributed by atoms with van der Waals surface area (Å²) in [6.07, 6.45) is 0. The molecular weight excluding hydrogens is 725 g/mol. The van der Waals surface area contributed by atoms with Gasteiger partial charge in [0.1, 0.15) is 0 Å². The van der Waals surface area contributed by atoms with Gasteiger partial charge in [0.25, 0.3) is 0 Å². The Kier molecular flexibility index (Phi) is 6.97. The summed E-state index contributed by atoms with van der Waals surface area (Å²) in [7, 11) is 0. The number of fused-ring (bicyclic) bond motifs is 15. The van der Waals surface area contributed by atoms with Gasteiger partial charge in [-0.2, -0.15) is 0 Å². The fourth-order valence-corrected chi connectivity index (χ4v) is 10.7.